The normalized spacial score (nSPS) is 15.0. The number of carbonyl (C=O) groups is 2. The van der Waals surface area contributed by atoms with Crippen LogP contribution in [0.15, 0.2) is 23.4 Å². The molecule has 0 spiro atoms. The molecule has 1 aromatic heterocycles. The second-order valence-electron chi connectivity index (χ2n) is 4.86. The smallest absolute Gasteiger partial charge is 0.341 e. The lowest BCUT2D eigenvalue weighted by atomic mass is 10.2. The van der Waals surface area contributed by atoms with Crippen LogP contribution in [0.1, 0.15) is 36.0 Å². The van der Waals surface area contributed by atoms with Crippen molar-refractivity contribution in [2.45, 2.75) is 42.5 Å². The zero-order valence-electron chi connectivity index (χ0n) is 11.8. The first-order valence-electron chi connectivity index (χ1n) is 6.92. The first-order chi connectivity index (χ1) is 10.6. The summed E-state index contributed by atoms with van der Waals surface area (Å²) in [6.45, 7) is -0.428. The van der Waals surface area contributed by atoms with Crippen LogP contribution >= 0.6 is 11.8 Å². The van der Waals surface area contributed by atoms with Gasteiger partial charge in [-0.2, -0.15) is 8.78 Å². The Labute approximate surface area is 130 Å². The Morgan fingerprint density at radius 1 is 1.41 bits per heavy atom. The molecule has 8 heteroatoms. The SMILES string of the molecule is O=C(COC(=O)c1cccnc1SC(F)F)NC1CCCC1. The Hall–Kier alpha value is -1.70. The minimum Gasteiger partial charge on any atom is -0.452 e. The number of esters is 1. The van der Waals surface area contributed by atoms with E-state index in [-0.39, 0.29) is 34.3 Å². The molecule has 0 radical (unpaired) electrons. The molecular formula is C14H16F2N2O3S. The largest absolute Gasteiger partial charge is 0.452 e. The van der Waals surface area contributed by atoms with Gasteiger partial charge in [0, 0.05) is 12.2 Å². The van der Waals surface area contributed by atoms with E-state index in [1.165, 1.54) is 18.3 Å². The van der Waals surface area contributed by atoms with Crippen molar-refractivity contribution < 1.29 is 23.1 Å². The van der Waals surface area contributed by atoms with Gasteiger partial charge in [0.2, 0.25) is 0 Å². The number of aromatic nitrogens is 1. The van der Waals surface area contributed by atoms with Gasteiger partial charge in [0.15, 0.2) is 6.61 Å². The van der Waals surface area contributed by atoms with E-state index in [1.54, 1.807) is 0 Å². The van der Waals surface area contributed by atoms with Crippen molar-refractivity contribution in [1.82, 2.24) is 10.3 Å². The maximum atomic E-state index is 12.4. The van der Waals surface area contributed by atoms with Crippen LogP contribution in [0.3, 0.4) is 0 Å². The molecule has 1 N–H and O–H groups in total. The predicted molar refractivity (Wildman–Crippen MR) is 76.8 cm³/mol. The molecular weight excluding hydrogens is 314 g/mol. The average molecular weight is 330 g/mol. The van der Waals surface area contributed by atoms with E-state index in [9.17, 15) is 18.4 Å². The number of nitrogens with one attached hydrogen (secondary N) is 1. The third-order valence-electron chi connectivity index (χ3n) is 3.25. The highest BCUT2D eigenvalue weighted by Crippen LogP contribution is 2.26. The number of ether oxygens (including phenoxy) is 1. The average Bonchev–Trinajstić information content (AvgIpc) is 2.97. The molecule has 0 saturated heterocycles. The fraction of sp³-hybridized carbons (Fsp3) is 0.500. The highest BCUT2D eigenvalue weighted by Gasteiger charge is 2.20. The van der Waals surface area contributed by atoms with Crippen molar-refractivity contribution in [3.63, 3.8) is 0 Å². The van der Waals surface area contributed by atoms with Crippen LogP contribution in [-0.2, 0) is 9.53 Å². The molecule has 1 aromatic rings. The molecule has 1 aliphatic rings. The second kappa shape index (κ2) is 8.07. The number of amides is 1. The molecule has 5 nitrogen and oxygen atoms in total. The fourth-order valence-corrected chi connectivity index (χ4v) is 2.84. The van der Waals surface area contributed by atoms with Crippen LogP contribution in [0.2, 0.25) is 0 Å². The molecule has 0 unspecified atom stereocenters. The van der Waals surface area contributed by atoms with Crippen molar-refractivity contribution in [3.05, 3.63) is 23.9 Å². The quantitative estimate of drug-likeness (QED) is 0.641. The highest BCUT2D eigenvalue weighted by atomic mass is 32.2. The minimum absolute atomic E-state index is 0.0681. The number of rotatable bonds is 6. The zero-order chi connectivity index (χ0) is 15.9. The van der Waals surface area contributed by atoms with Gasteiger partial charge in [0.1, 0.15) is 5.03 Å². The maximum Gasteiger partial charge on any atom is 0.341 e. The topological polar surface area (TPSA) is 68.3 Å². The van der Waals surface area contributed by atoms with E-state index < -0.39 is 18.3 Å². The molecule has 1 amide bonds. The monoisotopic (exact) mass is 330 g/mol. The number of halogens is 2. The van der Waals surface area contributed by atoms with Crippen LogP contribution in [0.25, 0.3) is 0 Å². The molecule has 2 rings (SSSR count). The Kier molecular flexibility index (Phi) is 6.11. The van der Waals surface area contributed by atoms with Crippen LogP contribution < -0.4 is 5.32 Å². The van der Waals surface area contributed by atoms with Gasteiger partial charge < -0.3 is 10.1 Å². The number of hydrogen-bond acceptors (Lipinski definition) is 5. The lowest BCUT2D eigenvalue weighted by Crippen LogP contribution is -2.35. The van der Waals surface area contributed by atoms with E-state index in [0.29, 0.717) is 0 Å². The third-order valence-corrected chi connectivity index (χ3v) is 3.97. The molecule has 1 fully saturated rings. The number of carbonyl (C=O) groups excluding carboxylic acids is 2. The molecule has 120 valence electrons. The molecule has 0 atom stereocenters. The summed E-state index contributed by atoms with van der Waals surface area (Å²) in [6.07, 6.45) is 5.33. The van der Waals surface area contributed by atoms with E-state index in [1.807, 2.05) is 0 Å². The summed E-state index contributed by atoms with van der Waals surface area (Å²) in [5.74, 6) is -3.91. The molecule has 0 bridgehead atoms. The van der Waals surface area contributed by atoms with Gasteiger partial charge in [0.05, 0.1) is 5.56 Å². The predicted octanol–water partition coefficient (Wildman–Crippen LogP) is 2.61. The number of thioether (sulfide) groups is 1. The number of hydrogen-bond donors (Lipinski definition) is 1. The molecule has 22 heavy (non-hydrogen) atoms. The summed E-state index contributed by atoms with van der Waals surface area (Å²) in [5.41, 5.74) is -0.0681. The second-order valence-corrected chi connectivity index (χ2v) is 5.84. The van der Waals surface area contributed by atoms with Crippen molar-refractivity contribution in [2.24, 2.45) is 0 Å². The summed E-state index contributed by atoms with van der Waals surface area (Å²) >= 11 is 0.168. The van der Waals surface area contributed by atoms with Gasteiger partial charge in [-0.1, -0.05) is 12.8 Å². The summed E-state index contributed by atoms with van der Waals surface area (Å²) in [6, 6.07) is 2.93. The Bertz CT molecular complexity index is 537. The first kappa shape index (κ1) is 16.7. The van der Waals surface area contributed by atoms with Crippen LogP contribution in [0, 0.1) is 0 Å². The molecule has 1 heterocycles. The standard InChI is InChI=1S/C14H16F2N2O3S/c15-14(16)22-12-10(6-3-7-17-12)13(20)21-8-11(19)18-9-4-1-2-5-9/h3,6-7,9,14H,1-2,4-5,8H2,(H,18,19). The molecule has 1 saturated carbocycles. The third kappa shape index (κ3) is 4.94. The zero-order valence-corrected chi connectivity index (χ0v) is 12.6. The van der Waals surface area contributed by atoms with Crippen molar-refractivity contribution in [1.29, 1.82) is 0 Å². The molecule has 0 aliphatic heterocycles. The van der Waals surface area contributed by atoms with Gasteiger partial charge in [-0.25, -0.2) is 9.78 Å². The van der Waals surface area contributed by atoms with E-state index in [2.05, 4.69) is 10.3 Å². The Morgan fingerprint density at radius 2 is 2.14 bits per heavy atom. The lowest BCUT2D eigenvalue weighted by Gasteiger charge is -2.12. The number of pyridine rings is 1. The Balaban J connectivity index is 1.87. The number of alkyl halides is 2. The van der Waals surface area contributed by atoms with E-state index in [0.717, 1.165) is 25.7 Å². The lowest BCUT2D eigenvalue weighted by molar-refractivity contribution is -0.124. The van der Waals surface area contributed by atoms with Crippen molar-refractivity contribution >= 4 is 23.6 Å². The summed E-state index contributed by atoms with van der Waals surface area (Å²) < 4.78 is 29.7. The van der Waals surface area contributed by atoms with E-state index in [4.69, 9.17) is 4.74 Å². The highest BCUT2D eigenvalue weighted by molar-refractivity contribution is 7.99. The molecule has 1 aliphatic carbocycles. The number of nitrogens with zero attached hydrogens (tertiary/aromatic N) is 1. The van der Waals surface area contributed by atoms with Crippen LogP contribution in [0.4, 0.5) is 8.78 Å². The first-order valence-corrected chi connectivity index (χ1v) is 7.80. The van der Waals surface area contributed by atoms with Crippen LogP contribution in [-0.4, -0.2) is 35.3 Å². The van der Waals surface area contributed by atoms with E-state index >= 15 is 0 Å². The fourth-order valence-electron chi connectivity index (χ4n) is 2.27. The maximum absolute atomic E-state index is 12.4. The van der Waals surface area contributed by atoms with Gasteiger partial charge in [0.25, 0.3) is 11.7 Å². The molecule has 0 aromatic carbocycles. The van der Waals surface area contributed by atoms with Gasteiger partial charge in [-0.3, -0.25) is 4.79 Å². The van der Waals surface area contributed by atoms with Gasteiger partial charge in [-0.15, -0.1) is 0 Å². The van der Waals surface area contributed by atoms with Crippen molar-refractivity contribution in [2.75, 3.05) is 6.61 Å². The van der Waals surface area contributed by atoms with Crippen molar-refractivity contribution in [3.8, 4) is 0 Å². The Morgan fingerprint density at radius 3 is 2.82 bits per heavy atom. The van der Waals surface area contributed by atoms with Gasteiger partial charge in [-0.05, 0) is 36.7 Å². The van der Waals surface area contributed by atoms with Crippen LogP contribution in [0.5, 0.6) is 0 Å². The summed E-state index contributed by atoms with van der Waals surface area (Å²) in [4.78, 5) is 27.3. The van der Waals surface area contributed by atoms with Gasteiger partial charge >= 0.3 is 5.97 Å². The minimum atomic E-state index is -2.69. The summed E-state index contributed by atoms with van der Waals surface area (Å²) in [7, 11) is 0. The summed E-state index contributed by atoms with van der Waals surface area (Å²) in [5, 5.41) is 2.66.